The van der Waals surface area contributed by atoms with E-state index in [-0.39, 0.29) is 17.4 Å². The van der Waals surface area contributed by atoms with Crippen molar-refractivity contribution >= 4 is 17.7 Å². The number of aromatic nitrogens is 1. The number of pyridine rings is 1. The molecule has 0 saturated carbocycles. The summed E-state index contributed by atoms with van der Waals surface area (Å²) in [5.74, 6) is -0.175. The zero-order valence-electron chi connectivity index (χ0n) is 16.0. The van der Waals surface area contributed by atoms with E-state index >= 15 is 0 Å². The van der Waals surface area contributed by atoms with Gasteiger partial charge in [-0.3, -0.25) is 4.79 Å². The third-order valence-electron chi connectivity index (χ3n) is 5.10. The quantitative estimate of drug-likeness (QED) is 0.876. The van der Waals surface area contributed by atoms with Crippen LogP contribution in [0.5, 0.6) is 0 Å². The smallest absolute Gasteiger partial charge is 0.410 e. The minimum Gasteiger partial charge on any atom is -0.444 e. The maximum absolute atomic E-state index is 12.1. The van der Waals surface area contributed by atoms with Crippen LogP contribution in [-0.4, -0.2) is 60.7 Å². The molecule has 26 heavy (non-hydrogen) atoms. The predicted molar refractivity (Wildman–Crippen MR) is 99.3 cm³/mol. The van der Waals surface area contributed by atoms with Gasteiger partial charge in [0.05, 0.1) is 11.9 Å². The van der Waals surface area contributed by atoms with Crippen molar-refractivity contribution in [1.29, 1.82) is 0 Å². The second kappa shape index (κ2) is 6.78. The summed E-state index contributed by atoms with van der Waals surface area (Å²) in [6.07, 6.45) is 3.64. The molecular formula is C19H28N4O3. The number of ether oxygens (including phenoxy) is 1. The Labute approximate surface area is 154 Å². The van der Waals surface area contributed by atoms with Crippen molar-refractivity contribution in [3.05, 3.63) is 24.0 Å². The molecule has 1 aromatic heterocycles. The lowest BCUT2D eigenvalue weighted by atomic mass is 9.72. The van der Waals surface area contributed by atoms with Gasteiger partial charge in [-0.25, -0.2) is 9.78 Å². The van der Waals surface area contributed by atoms with Crippen molar-refractivity contribution in [3.8, 4) is 0 Å². The van der Waals surface area contributed by atoms with Crippen molar-refractivity contribution in [3.63, 3.8) is 0 Å². The molecule has 0 aliphatic carbocycles. The van der Waals surface area contributed by atoms with E-state index in [1.165, 1.54) is 0 Å². The van der Waals surface area contributed by atoms with Gasteiger partial charge >= 0.3 is 6.09 Å². The summed E-state index contributed by atoms with van der Waals surface area (Å²) in [6.45, 7) is 9.10. The number of rotatable bonds is 2. The maximum Gasteiger partial charge on any atom is 0.410 e. The minimum atomic E-state index is -0.447. The normalized spacial score (nSPS) is 19.1. The van der Waals surface area contributed by atoms with Crippen LogP contribution in [0.3, 0.4) is 0 Å². The highest BCUT2D eigenvalue weighted by molar-refractivity contribution is 5.92. The number of hydrogen-bond donors (Lipinski definition) is 1. The zero-order chi connectivity index (χ0) is 18.9. The van der Waals surface area contributed by atoms with Crippen LogP contribution in [-0.2, 0) is 4.74 Å². The van der Waals surface area contributed by atoms with Crippen LogP contribution < -0.4 is 10.2 Å². The Hall–Kier alpha value is -2.31. The Bertz CT molecular complexity index is 665. The van der Waals surface area contributed by atoms with E-state index in [4.69, 9.17) is 4.74 Å². The molecular weight excluding hydrogens is 332 g/mol. The van der Waals surface area contributed by atoms with Gasteiger partial charge in [0, 0.05) is 38.6 Å². The first-order valence-electron chi connectivity index (χ1n) is 9.12. The van der Waals surface area contributed by atoms with E-state index in [2.05, 4.69) is 15.2 Å². The van der Waals surface area contributed by atoms with Crippen molar-refractivity contribution in [1.82, 2.24) is 15.2 Å². The molecule has 1 aromatic rings. The van der Waals surface area contributed by atoms with E-state index in [1.54, 1.807) is 24.2 Å². The zero-order valence-corrected chi connectivity index (χ0v) is 16.0. The van der Waals surface area contributed by atoms with Gasteiger partial charge in [-0.05, 0) is 45.7 Å². The summed E-state index contributed by atoms with van der Waals surface area (Å²) < 4.78 is 5.44. The molecule has 3 rings (SSSR count). The fourth-order valence-corrected chi connectivity index (χ4v) is 3.61. The highest BCUT2D eigenvalue weighted by atomic mass is 16.6. The van der Waals surface area contributed by atoms with Crippen molar-refractivity contribution in [2.45, 2.75) is 39.2 Å². The topological polar surface area (TPSA) is 74.8 Å². The summed E-state index contributed by atoms with van der Waals surface area (Å²) >= 11 is 0. The van der Waals surface area contributed by atoms with Crippen LogP contribution in [0.2, 0.25) is 0 Å². The Morgan fingerprint density at radius 1 is 1.19 bits per heavy atom. The fraction of sp³-hybridized carbons (Fsp3) is 0.632. The minimum absolute atomic E-state index is 0.175. The number of nitrogens with one attached hydrogen (secondary N) is 1. The predicted octanol–water partition coefficient (Wildman–Crippen LogP) is 2.28. The molecule has 7 heteroatoms. The monoisotopic (exact) mass is 360 g/mol. The molecule has 0 bridgehead atoms. The van der Waals surface area contributed by atoms with E-state index in [9.17, 15) is 9.59 Å². The third kappa shape index (κ3) is 3.92. The van der Waals surface area contributed by atoms with E-state index in [0.29, 0.717) is 5.69 Å². The first-order valence-corrected chi connectivity index (χ1v) is 9.12. The second-order valence-electron chi connectivity index (χ2n) is 8.30. The fourth-order valence-electron chi connectivity index (χ4n) is 3.61. The van der Waals surface area contributed by atoms with Gasteiger partial charge in [0.15, 0.2) is 0 Å². The largest absolute Gasteiger partial charge is 0.444 e. The molecule has 2 fully saturated rings. The van der Waals surface area contributed by atoms with Gasteiger partial charge in [0.1, 0.15) is 11.3 Å². The van der Waals surface area contributed by atoms with Crippen molar-refractivity contribution < 1.29 is 14.3 Å². The van der Waals surface area contributed by atoms with Crippen LogP contribution in [0.15, 0.2) is 18.3 Å². The summed E-state index contributed by atoms with van der Waals surface area (Å²) in [6, 6.07) is 3.70. The number of anilines is 1. The molecule has 1 N–H and O–H groups in total. The first-order chi connectivity index (χ1) is 12.2. The summed E-state index contributed by atoms with van der Waals surface area (Å²) in [7, 11) is 1.60. The molecule has 1 spiro atoms. The van der Waals surface area contributed by atoms with Crippen molar-refractivity contribution in [2.75, 3.05) is 38.1 Å². The average Bonchev–Trinajstić information content (AvgIpc) is 2.57. The number of amides is 2. The lowest BCUT2D eigenvalue weighted by Crippen LogP contribution is -2.62. The molecule has 2 saturated heterocycles. The summed E-state index contributed by atoms with van der Waals surface area (Å²) in [5, 5.41) is 2.58. The Morgan fingerprint density at radius 3 is 2.35 bits per heavy atom. The highest BCUT2D eigenvalue weighted by Crippen LogP contribution is 2.41. The first kappa shape index (κ1) is 18.5. The molecule has 2 aliphatic rings. The second-order valence-corrected chi connectivity index (χ2v) is 8.30. The molecule has 7 nitrogen and oxygen atoms in total. The lowest BCUT2D eigenvalue weighted by Gasteiger charge is -2.53. The van der Waals surface area contributed by atoms with Crippen LogP contribution >= 0.6 is 0 Å². The van der Waals surface area contributed by atoms with Gasteiger partial charge in [0.25, 0.3) is 5.91 Å². The highest BCUT2D eigenvalue weighted by Gasteiger charge is 2.47. The molecule has 3 heterocycles. The summed E-state index contributed by atoms with van der Waals surface area (Å²) in [4.78, 5) is 32.0. The number of nitrogens with zero attached hydrogens (tertiary/aromatic N) is 3. The molecule has 2 amide bonds. The molecule has 0 unspecified atom stereocenters. The van der Waals surface area contributed by atoms with Crippen LogP contribution in [0.1, 0.15) is 44.1 Å². The molecule has 0 aromatic carbocycles. The van der Waals surface area contributed by atoms with Crippen molar-refractivity contribution in [2.24, 2.45) is 5.41 Å². The SMILES string of the molecule is CNC(=O)c1ccc(N2CCC3(CC2)CN(C(=O)OC(C)(C)C)C3)cn1. The van der Waals surface area contributed by atoms with Crippen LogP contribution in [0, 0.1) is 5.41 Å². The van der Waals surface area contributed by atoms with Crippen LogP contribution in [0.25, 0.3) is 0 Å². The van der Waals surface area contributed by atoms with Gasteiger partial charge in [0.2, 0.25) is 0 Å². The molecule has 142 valence electrons. The standard InChI is InChI=1S/C19H28N4O3/c1-18(2,3)26-17(25)23-12-19(13-23)7-9-22(10-8-19)14-5-6-15(21-11-14)16(24)20-4/h5-6,11H,7-10,12-13H2,1-4H3,(H,20,24). The van der Waals surface area contributed by atoms with E-state index < -0.39 is 5.60 Å². The summed E-state index contributed by atoms with van der Waals surface area (Å²) in [5.41, 5.74) is 1.24. The third-order valence-corrected chi connectivity index (χ3v) is 5.10. The maximum atomic E-state index is 12.1. The van der Waals surface area contributed by atoms with Gasteiger partial charge < -0.3 is 19.9 Å². The molecule has 2 aliphatic heterocycles. The molecule has 0 atom stereocenters. The lowest BCUT2D eigenvalue weighted by molar-refractivity contribution is -0.0434. The van der Waals surface area contributed by atoms with Gasteiger partial charge in [-0.2, -0.15) is 0 Å². The number of carbonyl (C=O) groups excluding carboxylic acids is 2. The van der Waals surface area contributed by atoms with E-state index in [0.717, 1.165) is 44.7 Å². The van der Waals surface area contributed by atoms with Gasteiger partial charge in [-0.15, -0.1) is 0 Å². The molecule has 0 radical (unpaired) electrons. The Balaban J connectivity index is 1.51. The number of likely N-dealkylation sites (tertiary alicyclic amines) is 1. The number of carbonyl (C=O) groups is 2. The van der Waals surface area contributed by atoms with Crippen LogP contribution in [0.4, 0.5) is 10.5 Å². The number of piperidine rings is 1. The van der Waals surface area contributed by atoms with E-state index in [1.807, 2.05) is 26.8 Å². The average molecular weight is 360 g/mol. The Morgan fingerprint density at radius 2 is 1.85 bits per heavy atom. The van der Waals surface area contributed by atoms with Gasteiger partial charge in [-0.1, -0.05) is 0 Å². The number of hydrogen-bond acceptors (Lipinski definition) is 5. The Kier molecular flexibility index (Phi) is 4.82.